The maximum Gasteiger partial charge on any atom is 0.239 e. The molecule has 2 saturated heterocycles. The van der Waals surface area contributed by atoms with Gasteiger partial charge >= 0.3 is 0 Å². The Labute approximate surface area is 163 Å². The minimum atomic E-state index is -0.548. The Morgan fingerprint density at radius 3 is 2.92 bits per heavy atom. The lowest BCUT2D eigenvalue weighted by molar-refractivity contribution is -0.132. The largest absolute Gasteiger partial charge is 0.355 e. The molecule has 0 radical (unpaired) electrons. The van der Waals surface area contributed by atoms with Gasteiger partial charge in [-0.15, -0.1) is 12.4 Å². The van der Waals surface area contributed by atoms with Crippen molar-refractivity contribution in [2.75, 3.05) is 31.1 Å². The fourth-order valence-electron chi connectivity index (χ4n) is 3.52. The van der Waals surface area contributed by atoms with Crippen molar-refractivity contribution in [2.45, 2.75) is 25.7 Å². The van der Waals surface area contributed by atoms with Crippen LogP contribution in [0.1, 0.15) is 25.7 Å². The third-order valence-corrected chi connectivity index (χ3v) is 5.39. The zero-order chi connectivity index (χ0) is 16.9. The number of nitrogens with zero attached hydrogens (tertiary/aromatic N) is 1. The van der Waals surface area contributed by atoms with Gasteiger partial charge in [-0.2, -0.15) is 0 Å². The molecule has 2 atom stereocenters. The standard InChI is InChI=1S/C18H24BrN3O2.ClH/c19-14-4-1-5-15(11-14)22-10-7-16(18(22)24)17(23)21-9-6-13-3-2-8-20-12-13;/h1,4-5,11,13,16,20H,2-3,6-10,12H2,(H,21,23);1H. The van der Waals surface area contributed by atoms with Gasteiger partial charge in [-0.1, -0.05) is 22.0 Å². The van der Waals surface area contributed by atoms with Crippen LogP contribution in [0.3, 0.4) is 0 Å². The van der Waals surface area contributed by atoms with E-state index in [4.69, 9.17) is 0 Å². The van der Waals surface area contributed by atoms with Crippen LogP contribution in [0.25, 0.3) is 0 Å². The number of benzene rings is 1. The van der Waals surface area contributed by atoms with Crippen molar-refractivity contribution in [1.29, 1.82) is 0 Å². The summed E-state index contributed by atoms with van der Waals surface area (Å²) in [6.07, 6.45) is 4.00. The summed E-state index contributed by atoms with van der Waals surface area (Å²) in [4.78, 5) is 26.6. The molecule has 1 aromatic carbocycles. The van der Waals surface area contributed by atoms with E-state index < -0.39 is 5.92 Å². The summed E-state index contributed by atoms with van der Waals surface area (Å²) in [5, 5.41) is 6.35. The van der Waals surface area contributed by atoms with E-state index in [1.165, 1.54) is 12.8 Å². The van der Waals surface area contributed by atoms with Crippen molar-refractivity contribution in [3.05, 3.63) is 28.7 Å². The molecule has 0 aromatic heterocycles. The molecule has 2 fully saturated rings. The maximum atomic E-state index is 12.6. The van der Waals surface area contributed by atoms with Crippen LogP contribution >= 0.6 is 28.3 Å². The van der Waals surface area contributed by atoms with Crippen molar-refractivity contribution in [1.82, 2.24) is 10.6 Å². The van der Waals surface area contributed by atoms with Gasteiger partial charge in [0, 0.05) is 23.2 Å². The molecule has 25 heavy (non-hydrogen) atoms. The monoisotopic (exact) mass is 429 g/mol. The molecule has 0 aliphatic carbocycles. The predicted octanol–water partition coefficient (Wildman–Crippen LogP) is 2.73. The van der Waals surface area contributed by atoms with E-state index in [-0.39, 0.29) is 24.2 Å². The highest BCUT2D eigenvalue weighted by atomic mass is 79.9. The van der Waals surface area contributed by atoms with Gasteiger partial charge < -0.3 is 15.5 Å². The molecule has 2 heterocycles. The van der Waals surface area contributed by atoms with E-state index in [1.807, 2.05) is 24.3 Å². The number of amides is 2. The molecule has 1 aromatic rings. The lowest BCUT2D eigenvalue weighted by Crippen LogP contribution is -2.38. The first-order valence-corrected chi connectivity index (χ1v) is 9.50. The van der Waals surface area contributed by atoms with Gasteiger partial charge in [0.05, 0.1) is 0 Å². The minimum Gasteiger partial charge on any atom is -0.355 e. The zero-order valence-corrected chi connectivity index (χ0v) is 16.6. The van der Waals surface area contributed by atoms with Gasteiger partial charge in [0.25, 0.3) is 0 Å². The molecule has 0 spiro atoms. The highest BCUT2D eigenvalue weighted by molar-refractivity contribution is 9.10. The number of carbonyl (C=O) groups excluding carboxylic acids is 2. The number of rotatable bonds is 5. The smallest absolute Gasteiger partial charge is 0.239 e. The fourth-order valence-corrected chi connectivity index (χ4v) is 3.90. The van der Waals surface area contributed by atoms with E-state index in [2.05, 4.69) is 26.6 Å². The Hall–Kier alpha value is -1.11. The molecule has 5 nitrogen and oxygen atoms in total. The van der Waals surface area contributed by atoms with Crippen LogP contribution in [0.2, 0.25) is 0 Å². The van der Waals surface area contributed by atoms with Crippen LogP contribution < -0.4 is 15.5 Å². The van der Waals surface area contributed by atoms with Gasteiger partial charge in [-0.25, -0.2) is 0 Å². The summed E-state index contributed by atoms with van der Waals surface area (Å²) in [6.45, 7) is 3.39. The number of hydrogen-bond donors (Lipinski definition) is 2. The highest BCUT2D eigenvalue weighted by Gasteiger charge is 2.37. The Morgan fingerprint density at radius 2 is 2.20 bits per heavy atom. The molecule has 0 bridgehead atoms. The van der Waals surface area contributed by atoms with Crippen molar-refractivity contribution in [2.24, 2.45) is 11.8 Å². The van der Waals surface area contributed by atoms with Gasteiger partial charge in [0.1, 0.15) is 5.92 Å². The maximum absolute atomic E-state index is 12.6. The Bertz CT molecular complexity index is 608. The van der Waals surface area contributed by atoms with Crippen molar-refractivity contribution in [3.63, 3.8) is 0 Å². The number of halogens is 2. The molecule has 2 amide bonds. The Kier molecular flexibility index (Phi) is 7.72. The molecule has 2 N–H and O–H groups in total. The molecule has 2 aliphatic heterocycles. The average molecular weight is 431 g/mol. The number of nitrogens with one attached hydrogen (secondary N) is 2. The van der Waals surface area contributed by atoms with Crippen LogP contribution in [0.15, 0.2) is 28.7 Å². The lowest BCUT2D eigenvalue weighted by Gasteiger charge is -2.23. The van der Waals surface area contributed by atoms with Gasteiger partial charge in [-0.3, -0.25) is 9.59 Å². The summed E-state index contributed by atoms with van der Waals surface area (Å²) in [6, 6.07) is 7.64. The first kappa shape index (κ1) is 20.2. The molecular formula is C18H25BrClN3O2. The van der Waals surface area contributed by atoms with Crippen molar-refractivity contribution < 1.29 is 9.59 Å². The first-order valence-electron chi connectivity index (χ1n) is 8.70. The van der Waals surface area contributed by atoms with Gasteiger partial charge in [0.15, 0.2) is 0 Å². The number of anilines is 1. The van der Waals surface area contributed by atoms with Gasteiger partial charge in [0.2, 0.25) is 11.8 Å². The molecule has 3 rings (SSSR count). The topological polar surface area (TPSA) is 61.4 Å². The molecule has 2 unspecified atom stereocenters. The first-order chi connectivity index (χ1) is 11.6. The van der Waals surface area contributed by atoms with E-state index in [0.29, 0.717) is 25.4 Å². The molecular weight excluding hydrogens is 406 g/mol. The molecule has 0 saturated carbocycles. The lowest BCUT2D eigenvalue weighted by atomic mass is 9.96. The van der Waals surface area contributed by atoms with Crippen LogP contribution in [0, 0.1) is 11.8 Å². The predicted molar refractivity (Wildman–Crippen MR) is 105 cm³/mol. The summed E-state index contributed by atoms with van der Waals surface area (Å²) in [5.74, 6) is -0.129. The van der Waals surface area contributed by atoms with E-state index >= 15 is 0 Å². The van der Waals surface area contributed by atoms with Crippen molar-refractivity contribution >= 4 is 45.8 Å². The van der Waals surface area contributed by atoms with E-state index in [0.717, 1.165) is 29.7 Å². The SMILES string of the molecule is Cl.O=C(NCCC1CCCNC1)C1CCN(c2cccc(Br)c2)C1=O. The second-order valence-electron chi connectivity index (χ2n) is 6.60. The Morgan fingerprint density at radius 1 is 1.36 bits per heavy atom. The van der Waals surface area contributed by atoms with Crippen LogP contribution in [0.4, 0.5) is 5.69 Å². The molecule has 138 valence electrons. The van der Waals surface area contributed by atoms with E-state index in [9.17, 15) is 9.59 Å². The quantitative estimate of drug-likeness (QED) is 0.706. The summed E-state index contributed by atoms with van der Waals surface area (Å²) < 4.78 is 0.932. The third kappa shape index (κ3) is 5.19. The summed E-state index contributed by atoms with van der Waals surface area (Å²) in [7, 11) is 0. The van der Waals surface area contributed by atoms with Crippen LogP contribution in [-0.4, -0.2) is 38.0 Å². The fraction of sp³-hybridized carbons (Fsp3) is 0.556. The number of hydrogen-bond acceptors (Lipinski definition) is 3. The Balaban J connectivity index is 0.00000225. The second kappa shape index (κ2) is 9.55. The average Bonchev–Trinajstić information content (AvgIpc) is 2.97. The molecule has 2 aliphatic rings. The number of carbonyl (C=O) groups is 2. The summed E-state index contributed by atoms with van der Waals surface area (Å²) in [5.41, 5.74) is 0.845. The highest BCUT2D eigenvalue weighted by Crippen LogP contribution is 2.27. The summed E-state index contributed by atoms with van der Waals surface area (Å²) >= 11 is 3.42. The van der Waals surface area contributed by atoms with Gasteiger partial charge in [-0.05, 0) is 62.9 Å². The van der Waals surface area contributed by atoms with Crippen LogP contribution in [-0.2, 0) is 9.59 Å². The third-order valence-electron chi connectivity index (χ3n) is 4.89. The normalized spacial score (nSPS) is 23.2. The minimum absolute atomic E-state index is 0. The van der Waals surface area contributed by atoms with E-state index in [1.54, 1.807) is 4.90 Å². The van der Waals surface area contributed by atoms with Crippen LogP contribution in [0.5, 0.6) is 0 Å². The zero-order valence-electron chi connectivity index (χ0n) is 14.2. The number of piperidine rings is 1. The van der Waals surface area contributed by atoms with Crippen molar-refractivity contribution in [3.8, 4) is 0 Å². The second-order valence-corrected chi connectivity index (χ2v) is 7.52. The molecule has 7 heteroatoms.